The SMILES string of the molecule is CC(C#N)CN(C)c1cc(=O)[nH]c(C2CC2)n1. The zero-order valence-electron chi connectivity index (χ0n) is 10.1. The van der Waals surface area contributed by atoms with Crippen LogP contribution in [0.15, 0.2) is 10.9 Å². The van der Waals surface area contributed by atoms with Crippen LogP contribution in [0.2, 0.25) is 0 Å². The van der Waals surface area contributed by atoms with Crippen molar-refractivity contribution in [2.24, 2.45) is 5.92 Å². The van der Waals surface area contributed by atoms with Crippen LogP contribution < -0.4 is 10.5 Å². The molecular formula is C12H16N4O. The van der Waals surface area contributed by atoms with E-state index in [2.05, 4.69) is 16.0 Å². The second-order valence-electron chi connectivity index (χ2n) is 4.67. The summed E-state index contributed by atoms with van der Waals surface area (Å²) in [7, 11) is 1.85. The van der Waals surface area contributed by atoms with Gasteiger partial charge in [-0.25, -0.2) is 4.98 Å². The quantitative estimate of drug-likeness (QED) is 0.847. The molecule has 5 heteroatoms. The van der Waals surface area contributed by atoms with E-state index in [4.69, 9.17) is 5.26 Å². The average molecular weight is 232 g/mol. The van der Waals surface area contributed by atoms with Crippen molar-refractivity contribution in [3.05, 3.63) is 22.2 Å². The number of aromatic nitrogens is 2. The first-order valence-electron chi connectivity index (χ1n) is 5.82. The minimum absolute atomic E-state index is 0.0783. The monoisotopic (exact) mass is 232 g/mol. The summed E-state index contributed by atoms with van der Waals surface area (Å²) < 4.78 is 0. The molecule has 1 N–H and O–H groups in total. The summed E-state index contributed by atoms with van der Waals surface area (Å²) >= 11 is 0. The molecule has 0 aliphatic heterocycles. The van der Waals surface area contributed by atoms with Crippen LogP contribution in [-0.4, -0.2) is 23.6 Å². The molecule has 1 heterocycles. The predicted molar refractivity (Wildman–Crippen MR) is 64.9 cm³/mol. The molecule has 1 aliphatic carbocycles. The summed E-state index contributed by atoms with van der Waals surface area (Å²) in [4.78, 5) is 20.6. The number of anilines is 1. The van der Waals surface area contributed by atoms with Crippen LogP contribution in [0.3, 0.4) is 0 Å². The highest BCUT2D eigenvalue weighted by Gasteiger charge is 2.26. The van der Waals surface area contributed by atoms with Gasteiger partial charge in [0.25, 0.3) is 5.56 Å². The van der Waals surface area contributed by atoms with E-state index >= 15 is 0 Å². The summed E-state index contributed by atoms with van der Waals surface area (Å²) in [5.74, 6) is 1.77. The van der Waals surface area contributed by atoms with E-state index in [1.54, 1.807) is 0 Å². The first-order valence-corrected chi connectivity index (χ1v) is 5.82. The zero-order valence-corrected chi connectivity index (χ0v) is 10.1. The molecule has 17 heavy (non-hydrogen) atoms. The van der Waals surface area contributed by atoms with Gasteiger partial charge in [-0.2, -0.15) is 5.26 Å². The highest BCUT2D eigenvalue weighted by Crippen LogP contribution is 2.37. The molecule has 0 amide bonds. The van der Waals surface area contributed by atoms with Gasteiger partial charge in [-0.05, 0) is 19.8 Å². The van der Waals surface area contributed by atoms with Crippen molar-refractivity contribution in [3.8, 4) is 6.07 Å². The van der Waals surface area contributed by atoms with Gasteiger partial charge in [0.2, 0.25) is 0 Å². The molecular weight excluding hydrogens is 216 g/mol. The summed E-state index contributed by atoms with van der Waals surface area (Å²) in [5.41, 5.74) is -0.117. The van der Waals surface area contributed by atoms with Gasteiger partial charge in [0, 0.05) is 25.6 Å². The molecule has 1 saturated carbocycles. The highest BCUT2D eigenvalue weighted by molar-refractivity contribution is 5.37. The molecule has 1 aromatic heterocycles. The van der Waals surface area contributed by atoms with Crippen molar-refractivity contribution in [1.82, 2.24) is 9.97 Å². The Morgan fingerprint density at radius 3 is 3.00 bits per heavy atom. The van der Waals surface area contributed by atoms with Gasteiger partial charge in [-0.15, -0.1) is 0 Å². The Labute approximate surface area is 100 Å². The normalized spacial score (nSPS) is 16.3. The third-order valence-electron chi connectivity index (χ3n) is 2.87. The van der Waals surface area contributed by atoms with Gasteiger partial charge in [-0.3, -0.25) is 4.79 Å². The van der Waals surface area contributed by atoms with Gasteiger partial charge in [0.1, 0.15) is 11.6 Å². The van der Waals surface area contributed by atoms with Gasteiger partial charge < -0.3 is 9.88 Å². The molecule has 0 spiro atoms. The van der Waals surface area contributed by atoms with Crippen LogP contribution in [-0.2, 0) is 0 Å². The van der Waals surface area contributed by atoms with E-state index in [0.717, 1.165) is 18.7 Å². The number of hydrogen-bond donors (Lipinski definition) is 1. The number of hydrogen-bond acceptors (Lipinski definition) is 4. The van der Waals surface area contributed by atoms with Crippen molar-refractivity contribution in [2.75, 3.05) is 18.5 Å². The van der Waals surface area contributed by atoms with Crippen LogP contribution in [0, 0.1) is 17.2 Å². The third-order valence-corrected chi connectivity index (χ3v) is 2.87. The second kappa shape index (κ2) is 4.58. The minimum atomic E-state index is -0.117. The maximum atomic E-state index is 11.5. The van der Waals surface area contributed by atoms with Crippen LogP contribution in [0.5, 0.6) is 0 Å². The van der Waals surface area contributed by atoms with Crippen LogP contribution in [0.4, 0.5) is 5.82 Å². The maximum Gasteiger partial charge on any atom is 0.252 e. The van der Waals surface area contributed by atoms with Gasteiger partial charge in [0.05, 0.1) is 12.0 Å². The molecule has 90 valence electrons. The lowest BCUT2D eigenvalue weighted by atomic mass is 10.2. The number of H-pyrrole nitrogens is 1. The summed E-state index contributed by atoms with van der Waals surface area (Å²) in [6.45, 7) is 2.43. The first-order chi connectivity index (χ1) is 8.10. The van der Waals surface area contributed by atoms with Crippen LogP contribution >= 0.6 is 0 Å². The molecule has 1 aliphatic rings. The van der Waals surface area contributed by atoms with E-state index in [9.17, 15) is 4.79 Å². The van der Waals surface area contributed by atoms with Crippen molar-refractivity contribution >= 4 is 5.82 Å². The first kappa shape index (κ1) is 11.6. The predicted octanol–water partition coefficient (Wildman–Crippen LogP) is 1.24. The Morgan fingerprint density at radius 2 is 2.41 bits per heavy atom. The van der Waals surface area contributed by atoms with E-state index in [0.29, 0.717) is 18.3 Å². The van der Waals surface area contributed by atoms with Gasteiger partial charge in [0.15, 0.2) is 0 Å². The van der Waals surface area contributed by atoms with Crippen molar-refractivity contribution in [2.45, 2.75) is 25.7 Å². The fourth-order valence-corrected chi connectivity index (χ4v) is 1.75. The molecule has 0 bridgehead atoms. The molecule has 0 aromatic carbocycles. The Morgan fingerprint density at radius 1 is 1.71 bits per heavy atom. The topological polar surface area (TPSA) is 72.8 Å². The standard InChI is InChI=1S/C12H16N4O/c1-8(6-13)7-16(2)10-5-11(17)15-12(14-10)9-3-4-9/h5,8-9H,3-4,7H2,1-2H3,(H,14,15,17). The Kier molecular flexibility index (Phi) is 3.14. The second-order valence-corrected chi connectivity index (χ2v) is 4.67. The molecule has 5 nitrogen and oxygen atoms in total. The van der Waals surface area contributed by atoms with Crippen molar-refractivity contribution < 1.29 is 0 Å². The number of rotatable bonds is 4. The lowest BCUT2D eigenvalue weighted by Gasteiger charge is -2.19. The van der Waals surface area contributed by atoms with E-state index in [1.807, 2.05) is 18.9 Å². The van der Waals surface area contributed by atoms with Gasteiger partial charge in [-0.1, -0.05) is 0 Å². The number of aromatic amines is 1. The Balaban J connectivity index is 2.19. The van der Waals surface area contributed by atoms with Crippen LogP contribution in [0.25, 0.3) is 0 Å². The largest absolute Gasteiger partial charge is 0.358 e. The molecule has 1 atom stereocenters. The number of nitriles is 1. The Hall–Kier alpha value is -1.83. The fraction of sp³-hybridized carbons (Fsp3) is 0.583. The zero-order chi connectivity index (χ0) is 12.4. The summed E-state index contributed by atoms with van der Waals surface area (Å²) in [6.07, 6.45) is 2.20. The van der Waals surface area contributed by atoms with E-state index in [1.165, 1.54) is 6.07 Å². The maximum absolute atomic E-state index is 11.5. The number of nitrogens with one attached hydrogen (secondary N) is 1. The lowest BCUT2D eigenvalue weighted by Crippen LogP contribution is -2.26. The Bertz CT molecular complexity index is 498. The molecule has 2 rings (SSSR count). The van der Waals surface area contributed by atoms with E-state index in [-0.39, 0.29) is 11.5 Å². The lowest BCUT2D eigenvalue weighted by molar-refractivity contribution is 0.705. The van der Waals surface area contributed by atoms with Crippen LogP contribution in [0.1, 0.15) is 31.5 Å². The van der Waals surface area contributed by atoms with E-state index < -0.39 is 0 Å². The number of nitrogens with zero attached hydrogens (tertiary/aromatic N) is 3. The highest BCUT2D eigenvalue weighted by atomic mass is 16.1. The smallest absolute Gasteiger partial charge is 0.252 e. The molecule has 1 aromatic rings. The fourth-order valence-electron chi connectivity index (χ4n) is 1.75. The molecule has 0 radical (unpaired) electrons. The molecule has 0 saturated heterocycles. The average Bonchev–Trinajstić information content (AvgIpc) is 3.11. The molecule has 1 unspecified atom stereocenters. The van der Waals surface area contributed by atoms with Crippen molar-refractivity contribution in [1.29, 1.82) is 5.26 Å². The van der Waals surface area contributed by atoms with Gasteiger partial charge >= 0.3 is 0 Å². The third kappa shape index (κ3) is 2.84. The minimum Gasteiger partial charge on any atom is -0.358 e. The van der Waals surface area contributed by atoms with Crippen molar-refractivity contribution in [3.63, 3.8) is 0 Å². The summed E-state index contributed by atoms with van der Waals surface area (Å²) in [6, 6.07) is 3.66. The molecule has 1 fully saturated rings. The summed E-state index contributed by atoms with van der Waals surface area (Å²) in [5, 5.41) is 8.77.